The zero-order chi connectivity index (χ0) is 13.5. The second-order valence-electron chi connectivity index (χ2n) is 5.11. The van der Waals surface area contributed by atoms with Crippen LogP contribution in [0.3, 0.4) is 0 Å². The van der Waals surface area contributed by atoms with E-state index in [4.69, 9.17) is 5.11 Å². The molecule has 0 spiro atoms. The average molecular weight is 251 g/mol. The summed E-state index contributed by atoms with van der Waals surface area (Å²) in [5.41, 5.74) is -0.0658. The Hall–Kier alpha value is -1.91. The van der Waals surface area contributed by atoms with E-state index < -0.39 is 23.2 Å². The number of anilines is 1. The third kappa shape index (κ3) is 2.08. The number of carboxylic acid groups (broad SMARTS) is 1. The summed E-state index contributed by atoms with van der Waals surface area (Å²) in [6.45, 7) is 3.50. The standard InChI is InChI=1S/C13H14FNO3/c1-13(2)9(10(13)12(17)18)11(16)15-8-5-3-7(14)4-6-8/h3-6,9-10H,1-2H3,(H,15,16)(H,17,18)/t9-,10+/m0/s1. The second-order valence-corrected chi connectivity index (χ2v) is 5.11. The summed E-state index contributed by atoms with van der Waals surface area (Å²) < 4.78 is 12.7. The molecule has 96 valence electrons. The van der Waals surface area contributed by atoms with Gasteiger partial charge in [-0.1, -0.05) is 13.8 Å². The number of hydrogen-bond donors (Lipinski definition) is 2. The molecular formula is C13H14FNO3. The predicted octanol–water partition coefficient (Wildman–Crippen LogP) is 2.12. The molecule has 0 bridgehead atoms. The van der Waals surface area contributed by atoms with E-state index in [0.717, 1.165) is 0 Å². The van der Waals surface area contributed by atoms with Gasteiger partial charge in [0.1, 0.15) is 5.82 Å². The Kier molecular flexibility index (Phi) is 2.84. The van der Waals surface area contributed by atoms with Crippen molar-refractivity contribution in [2.24, 2.45) is 17.3 Å². The lowest BCUT2D eigenvalue weighted by molar-refractivity contribution is -0.140. The SMILES string of the molecule is CC1(C)[C@H](C(=O)Nc2ccc(F)cc2)[C@@H]1C(=O)O. The Morgan fingerprint density at radius 2 is 1.78 bits per heavy atom. The molecule has 1 fully saturated rings. The summed E-state index contributed by atoms with van der Waals surface area (Å²) in [6, 6.07) is 5.36. The lowest BCUT2D eigenvalue weighted by atomic mass is 10.1. The van der Waals surface area contributed by atoms with Gasteiger partial charge in [-0.25, -0.2) is 4.39 Å². The van der Waals surface area contributed by atoms with E-state index in [9.17, 15) is 14.0 Å². The molecule has 1 aliphatic rings. The van der Waals surface area contributed by atoms with Gasteiger partial charge in [0.25, 0.3) is 0 Å². The zero-order valence-corrected chi connectivity index (χ0v) is 10.1. The topological polar surface area (TPSA) is 66.4 Å². The molecule has 18 heavy (non-hydrogen) atoms. The Morgan fingerprint density at radius 1 is 1.22 bits per heavy atom. The van der Waals surface area contributed by atoms with Gasteiger partial charge in [-0.2, -0.15) is 0 Å². The van der Waals surface area contributed by atoms with Crippen LogP contribution in [0.1, 0.15) is 13.8 Å². The zero-order valence-electron chi connectivity index (χ0n) is 10.1. The number of rotatable bonds is 3. The summed E-state index contributed by atoms with van der Waals surface area (Å²) >= 11 is 0. The van der Waals surface area contributed by atoms with Gasteiger partial charge in [0.05, 0.1) is 11.8 Å². The molecule has 0 aliphatic heterocycles. The third-order valence-corrected chi connectivity index (χ3v) is 3.49. The highest BCUT2D eigenvalue weighted by atomic mass is 19.1. The molecule has 0 saturated heterocycles. The maximum absolute atomic E-state index is 12.7. The van der Waals surface area contributed by atoms with E-state index in [-0.39, 0.29) is 11.7 Å². The number of carbonyl (C=O) groups is 2. The molecule has 2 rings (SSSR count). The van der Waals surface area contributed by atoms with Crippen LogP contribution in [0.5, 0.6) is 0 Å². The minimum absolute atomic E-state index is 0.334. The van der Waals surface area contributed by atoms with Gasteiger partial charge in [0.15, 0.2) is 0 Å². The van der Waals surface area contributed by atoms with Crippen LogP contribution in [0, 0.1) is 23.1 Å². The minimum atomic E-state index is -0.959. The monoisotopic (exact) mass is 251 g/mol. The number of carbonyl (C=O) groups excluding carboxylic acids is 1. The number of hydrogen-bond acceptors (Lipinski definition) is 2. The highest BCUT2D eigenvalue weighted by Gasteiger charge is 2.65. The number of nitrogens with one attached hydrogen (secondary N) is 1. The lowest BCUT2D eigenvalue weighted by Gasteiger charge is -2.05. The van der Waals surface area contributed by atoms with Crippen molar-refractivity contribution in [3.8, 4) is 0 Å². The maximum Gasteiger partial charge on any atom is 0.307 e. The van der Waals surface area contributed by atoms with Crippen molar-refractivity contribution >= 4 is 17.6 Å². The van der Waals surface area contributed by atoms with Gasteiger partial charge in [0, 0.05) is 5.69 Å². The first-order chi connectivity index (χ1) is 8.34. The molecule has 0 heterocycles. The smallest absolute Gasteiger partial charge is 0.307 e. The van der Waals surface area contributed by atoms with Crippen molar-refractivity contribution in [2.45, 2.75) is 13.8 Å². The first-order valence-corrected chi connectivity index (χ1v) is 5.63. The average Bonchev–Trinajstić information content (AvgIpc) is 2.85. The van der Waals surface area contributed by atoms with Crippen molar-refractivity contribution < 1.29 is 19.1 Å². The van der Waals surface area contributed by atoms with Gasteiger partial charge in [0.2, 0.25) is 5.91 Å². The second kappa shape index (κ2) is 4.08. The third-order valence-electron chi connectivity index (χ3n) is 3.49. The first kappa shape index (κ1) is 12.5. The molecule has 1 amide bonds. The molecule has 1 aliphatic carbocycles. The molecule has 5 heteroatoms. The lowest BCUT2D eigenvalue weighted by Crippen LogP contribution is -2.17. The predicted molar refractivity (Wildman–Crippen MR) is 63.4 cm³/mol. The van der Waals surface area contributed by atoms with E-state index >= 15 is 0 Å². The molecule has 2 atom stereocenters. The van der Waals surface area contributed by atoms with Gasteiger partial charge in [-0.3, -0.25) is 9.59 Å². The summed E-state index contributed by atoms with van der Waals surface area (Å²) in [5, 5.41) is 11.6. The first-order valence-electron chi connectivity index (χ1n) is 5.63. The van der Waals surface area contributed by atoms with Crippen LogP contribution in [0.25, 0.3) is 0 Å². The van der Waals surface area contributed by atoms with E-state index in [0.29, 0.717) is 5.69 Å². The fourth-order valence-corrected chi connectivity index (χ4v) is 2.34. The summed E-state index contributed by atoms with van der Waals surface area (Å²) in [6.07, 6.45) is 0. The Balaban J connectivity index is 2.06. The Morgan fingerprint density at radius 3 is 2.22 bits per heavy atom. The summed E-state index contributed by atoms with van der Waals surface area (Å²) in [7, 11) is 0. The van der Waals surface area contributed by atoms with Gasteiger partial charge in [-0.05, 0) is 29.7 Å². The molecule has 1 saturated carbocycles. The molecule has 1 aromatic carbocycles. The van der Waals surface area contributed by atoms with Gasteiger partial charge >= 0.3 is 5.97 Å². The molecule has 2 N–H and O–H groups in total. The van der Waals surface area contributed by atoms with Crippen molar-refractivity contribution in [1.29, 1.82) is 0 Å². The highest BCUT2D eigenvalue weighted by molar-refractivity contribution is 5.99. The fraction of sp³-hybridized carbons (Fsp3) is 0.385. The molecule has 4 nitrogen and oxygen atoms in total. The van der Waals surface area contributed by atoms with E-state index in [1.54, 1.807) is 13.8 Å². The van der Waals surface area contributed by atoms with Crippen LogP contribution in [0.15, 0.2) is 24.3 Å². The van der Waals surface area contributed by atoms with E-state index in [1.807, 2.05) is 0 Å². The number of amides is 1. The maximum atomic E-state index is 12.7. The van der Waals surface area contributed by atoms with Crippen LogP contribution in [-0.2, 0) is 9.59 Å². The molecule has 0 unspecified atom stereocenters. The fourth-order valence-electron chi connectivity index (χ4n) is 2.34. The minimum Gasteiger partial charge on any atom is -0.481 e. The number of aliphatic carboxylic acids is 1. The van der Waals surface area contributed by atoms with Crippen molar-refractivity contribution in [1.82, 2.24) is 0 Å². The van der Waals surface area contributed by atoms with Gasteiger partial charge in [-0.15, -0.1) is 0 Å². The van der Waals surface area contributed by atoms with Crippen LogP contribution < -0.4 is 5.32 Å². The van der Waals surface area contributed by atoms with E-state index in [2.05, 4.69) is 5.32 Å². The van der Waals surface area contributed by atoms with Gasteiger partial charge < -0.3 is 10.4 Å². The van der Waals surface area contributed by atoms with Crippen LogP contribution in [0.2, 0.25) is 0 Å². The summed E-state index contributed by atoms with van der Waals surface area (Å²) in [5.74, 6) is -2.88. The molecule has 0 radical (unpaired) electrons. The molecular weight excluding hydrogens is 237 g/mol. The number of benzene rings is 1. The number of halogens is 1. The number of carboxylic acids is 1. The van der Waals surface area contributed by atoms with Crippen LogP contribution in [0.4, 0.5) is 10.1 Å². The van der Waals surface area contributed by atoms with Crippen LogP contribution >= 0.6 is 0 Å². The van der Waals surface area contributed by atoms with Crippen molar-refractivity contribution in [3.05, 3.63) is 30.1 Å². The van der Waals surface area contributed by atoms with Crippen LogP contribution in [-0.4, -0.2) is 17.0 Å². The quantitative estimate of drug-likeness (QED) is 0.864. The summed E-state index contributed by atoms with van der Waals surface area (Å²) in [4.78, 5) is 22.9. The van der Waals surface area contributed by atoms with Crippen molar-refractivity contribution in [3.63, 3.8) is 0 Å². The molecule has 1 aromatic rings. The largest absolute Gasteiger partial charge is 0.481 e. The normalized spacial score (nSPS) is 24.4. The van der Waals surface area contributed by atoms with E-state index in [1.165, 1.54) is 24.3 Å². The van der Waals surface area contributed by atoms with Crippen molar-refractivity contribution in [2.75, 3.05) is 5.32 Å². The Bertz CT molecular complexity index is 495. The Labute approximate surface area is 104 Å². The molecule has 0 aromatic heterocycles. The highest BCUT2D eigenvalue weighted by Crippen LogP contribution is 2.58.